The Morgan fingerprint density at radius 1 is 1.43 bits per heavy atom. The van der Waals surface area contributed by atoms with E-state index in [1.165, 1.54) is 12.5 Å². The molecule has 0 radical (unpaired) electrons. The van der Waals surface area contributed by atoms with Crippen LogP contribution in [0.5, 0.6) is 0 Å². The summed E-state index contributed by atoms with van der Waals surface area (Å²) in [7, 11) is 0. The SMILES string of the molecule is O=C(O)c1cc(N2CCCCC2)on1. The number of aromatic nitrogens is 1. The van der Waals surface area contributed by atoms with Crippen LogP contribution in [0.2, 0.25) is 0 Å². The van der Waals surface area contributed by atoms with Crippen molar-refractivity contribution in [3.63, 3.8) is 0 Å². The van der Waals surface area contributed by atoms with Crippen molar-refractivity contribution in [1.82, 2.24) is 5.16 Å². The molecule has 1 fully saturated rings. The van der Waals surface area contributed by atoms with E-state index < -0.39 is 5.97 Å². The molecule has 0 unspecified atom stereocenters. The second-order valence-corrected chi connectivity index (χ2v) is 3.40. The van der Waals surface area contributed by atoms with Crippen LogP contribution in [0.1, 0.15) is 29.8 Å². The molecule has 2 heterocycles. The smallest absolute Gasteiger partial charge is 0.358 e. The fourth-order valence-electron chi connectivity index (χ4n) is 1.63. The van der Waals surface area contributed by atoms with E-state index in [-0.39, 0.29) is 5.69 Å². The van der Waals surface area contributed by atoms with Gasteiger partial charge >= 0.3 is 5.97 Å². The molecule has 1 aromatic rings. The zero-order valence-electron chi connectivity index (χ0n) is 7.77. The van der Waals surface area contributed by atoms with Gasteiger partial charge in [-0.05, 0) is 19.3 Å². The first-order valence-electron chi connectivity index (χ1n) is 4.72. The Morgan fingerprint density at radius 2 is 2.14 bits per heavy atom. The first kappa shape index (κ1) is 9.05. The van der Waals surface area contributed by atoms with Crippen molar-refractivity contribution in [1.29, 1.82) is 0 Å². The minimum absolute atomic E-state index is 0.0226. The number of hydrogen-bond acceptors (Lipinski definition) is 4. The zero-order chi connectivity index (χ0) is 9.97. The van der Waals surface area contributed by atoms with Crippen molar-refractivity contribution < 1.29 is 14.4 Å². The Balaban J connectivity index is 2.11. The summed E-state index contributed by atoms with van der Waals surface area (Å²) >= 11 is 0. The second kappa shape index (κ2) is 3.69. The minimum Gasteiger partial charge on any atom is -0.476 e. The maximum Gasteiger partial charge on any atom is 0.358 e. The molecule has 1 aromatic heterocycles. The Hall–Kier alpha value is -1.52. The number of piperidine rings is 1. The highest BCUT2D eigenvalue weighted by molar-refractivity contribution is 5.85. The molecule has 0 aromatic carbocycles. The summed E-state index contributed by atoms with van der Waals surface area (Å²) in [5.74, 6) is -0.473. The lowest BCUT2D eigenvalue weighted by molar-refractivity contribution is 0.0686. The molecule has 1 saturated heterocycles. The standard InChI is InChI=1S/C9H12N2O3/c12-9(13)7-6-8(14-10-7)11-4-2-1-3-5-11/h6H,1-5H2,(H,12,13). The van der Waals surface area contributed by atoms with Gasteiger partial charge in [0.25, 0.3) is 0 Å². The van der Waals surface area contributed by atoms with Gasteiger partial charge < -0.3 is 14.5 Å². The van der Waals surface area contributed by atoms with E-state index in [2.05, 4.69) is 5.16 Å². The number of carboxylic acids is 1. The molecule has 0 aliphatic carbocycles. The van der Waals surface area contributed by atoms with Crippen LogP contribution in [-0.2, 0) is 0 Å². The molecule has 1 aliphatic rings. The van der Waals surface area contributed by atoms with Gasteiger partial charge in [-0.25, -0.2) is 4.79 Å². The fraction of sp³-hybridized carbons (Fsp3) is 0.556. The Kier molecular flexibility index (Phi) is 2.39. The first-order chi connectivity index (χ1) is 6.77. The summed E-state index contributed by atoms with van der Waals surface area (Å²) in [5.41, 5.74) is -0.0226. The van der Waals surface area contributed by atoms with E-state index in [1.54, 1.807) is 0 Å². The zero-order valence-corrected chi connectivity index (χ0v) is 7.77. The molecule has 1 N–H and O–H groups in total. The first-order valence-corrected chi connectivity index (χ1v) is 4.72. The predicted molar refractivity (Wildman–Crippen MR) is 49.5 cm³/mol. The van der Waals surface area contributed by atoms with Crippen molar-refractivity contribution in [3.8, 4) is 0 Å². The molecule has 14 heavy (non-hydrogen) atoms. The van der Waals surface area contributed by atoms with Crippen LogP contribution >= 0.6 is 0 Å². The van der Waals surface area contributed by atoms with Crippen molar-refractivity contribution in [2.24, 2.45) is 0 Å². The van der Waals surface area contributed by atoms with E-state index in [1.807, 2.05) is 4.90 Å². The number of carboxylic acid groups (broad SMARTS) is 1. The maximum absolute atomic E-state index is 10.6. The molecule has 0 saturated carbocycles. The largest absolute Gasteiger partial charge is 0.476 e. The monoisotopic (exact) mass is 196 g/mol. The van der Waals surface area contributed by atoms with E-state index in [4.69, 9.17) is 9.63 Å². The minimum atomic E-state index is -1.04. The van der Waals surface area contributed by atoms with Crippen molar-refractivity contribution in [3.05, 3.63) is 11.8 Å². The van der Waals surface area contributed by atoms with Crippen LogP contribution in [0.25, 0.3) is 0 Å². The quantitative estimate of drug-likeness (QED) is 0.773. The molecule has 0 atom stereocenters. The van der Waals surface area contributed by atoms with Gasteiger partial charge in [-0.1, -0.05) is 5.16 Å². The van der Waals surface area contributed by atoms with Gasteiger partial charge in [0, 0.05) is 19.2 Å². The molecule has 0 bridgehead atoms. The molecular weight excluding hydrogens is 184 g/mol. The molecular formula is C9H12N2O3. The summed E-state index contributed by atoms with van der Waals surface area (Å²) in [6, 6.07) is 1.48. The molecule has 5 nitrogen and oxygen atoms in total. The second-order valence-electron chi connectivity index (χ2n) is 3.40. The topological polar surface area (TPSA) is 66.6 Å². The summed E-state index contributed by atoms with van der Waals surface area (Å²) in [6.45, 7) is 1.85. The van der Waals surface area contributed by atoms with Crippen LogP contribution in [0, 0.1) is 0 Å². The Morgan fingerprint density at radius 3 is 2.71 bits per heavy atom. The van der Waals surface area contributed by atoms with Gasteiger partial charge in [0.15, 0.2) is 5.69 Å². The molecule has 0 amide bonds. The lowest BCUT2D eigenvalue weighted by atomic mass is 10.1. The maximum atomic E-state index is 10.6. The number of hydrogen-bond donors (Lipinski definition) is 1. The predicted octanol–water partition coefficient (Wildman–Crippen LogP) is 1.36. The van der Waals surface area contributed by atoms with Gasteiger partial charge in [-0.2, -0.15) is 0 Å². The third-order valence-electron chi connectivity index (χ3n) is 2.38. The molecule has 0 spiro atoms. The highest BCUT2D eigenvalue weighted by Crippen LogP contribution is 2.20. The molecule has 76 valence electrons. The van der Waals surface area contributed by atoms with Gasteiger partial charge in [0.05, 0.1) is 0 Å². The van der Waals surface area contributed by atoms with E-state index in [0.717, 1.165) is 25.9 Å². The van der Waals surface area contributed by atoms with Gasteiger partial charge in [-0.3, -0.25) is 0 Å². The normalized spacial score (nSPS) is 17.0. The van der Waals surface area contributed by atoms with Crippen LogP contribution in [0.3, 0.4) is 0 Å². The number of aromatic carboxylic acids is 1. The number of rotatable bonds is 2. The lowest BCUT2D eigenvalue weighted by Crippen LogP contribution is -2.28. The average molecular weight is 196 g/mol. The van der Waals surface area contributed by atoms with Gasteiger partial charge in [0.2, 0.25) is 5.88 Å². The summed E-state index contributed by atoms with van der Waals surface area (Å²) in [6.07, 6.45) is 3.49. The third kappa shape index (κ3) is 1.71. The van der Waals surface area contributed by atoms with Crippen LogP contribution in [0.4, 0.5) is 5.88 Å². The van der Waals surface area contributed by atoms with Crippen LogP contribution < -0.4 is 4.90 Å². The van der Waals surface area contributed by atoms with E-state index >= 15 is 0 Å². The van der Waals surface area contributed by atoms with Gasteiger partial charge in [-0.15, -0.1) is 0 Å². The fourth-order valence-corrected chi connectivity index (χ4v) is 1.63. The molecule has 1 aliphatic heterocycles. The third-order valence-corrected chi connectivity index (χ3v) is 2.38. The van der Waals surface area contributed by atoms with E-state index in [0.29, 0.717) is 5.88 Å². The summed E-state index contributed by atoms with van der Waals surface area (Å²) in [4.78, 5) is 12.6. The Bertz CT molecular complexity index is 329. The highest BCUT2D eigenvalue weighted by atomic mass is 16.5. The average Bonchev–Trinajstić information content (AvgIpc) is 2.68. The van der Waals surface area contributed by atoms with Gasteiger partial charge in [0.1, 0.15) is 0 Å². The summed E-state index contributed by atoms with van der Waals surface area (Å²) in [5, 5.41) is 12.1. The van der Waals surface area contributed by atoms with Crippen LogP contribution in [-0.4, -0.2) is 29.3 Å². The van der Waals surface area contributed by atoms with E-state index in [9.17, 15) is 4.79 Å². The summed E-state index contributed by atoms with van der Waals surface area (Å²) < 4.78 is 4.96. The lowest BCUT2D eigenvalue weighted by Gasteiger charge is -2.25. The van der Waals surface area contributed by atoms with Crippen molar-refractivity contribution in [2.75, 3.05) is 18.0 Å². The molecule has 2 rings (SSSR count). The van der Waals surface area contributed by atoms with Crippen LogP contribution in [0.15, 0.2) is 10.6 Å². The Labute approximate surface area is 81.3 Å². The number of carbonyl (C=O) groups is 1. The highest BCUT2D eigenvalue weighted by Gasteiger charge is 2.17. The number of nitrogens with zero attached hydrogens (tertiary/aromatic N) is 2. The number of anilines is 1. The molecule has 5 heteroatoms. The van der Waals surface area contributed by atoms with Crippen molar-refractivity contribution in [2.45, 2.75) is 19.3 Å². The van der Waals surface area contributed by atoms with Crippen molar-refractivity contribution >= 4 is 11.9 Å².